The molecule has 0 saturated heterocycles. The number of unbranched alkanes of at least 4 members (excludes halogenated alkanes) is 1. The molecule has 0 spiro atoms. The van der Waals surface area contributed by atoms with Crippen molar-refractivity contribution in [2.24, 2.45) is 0 Å². The molecule has 7 nitrogen and oxygen atoms in total. The molecule has 0 fully saturated rings. The van der Waals surface area contributed by atoms with Gasteiger partial charge in [0, 0.05) is 13.0 Å². The second kappa shape index (κ2) is 7.61. The van der Waals surface area contributed by atoms with E-state index in [1.807, 2.05) is 6.07 Å². The minimum absolute atomic E-state index is 0.117. The number of ether oxygens (including phenoxy) is 1. The number of aromatic carboxylic acids is 1. The van der Waals surface area contributed by atoms with Crippen molar-refractivity contribution >= 4 is 16.0 Å². The van der Waals surface area contributed by atoms with Crippen molar-refractivity contribution in [2.45, 2.75) is 24.7 Å². The smallest absolute Gasteiger partial charge is 0.339 e. The van der Waals surface area contributed by atoms with Gasteiger partial charge in [-0.05, 0) is 31.5 Å². The van der Waals surface area contributed by atoms with Crippen molar-refractivity contribution in [1.29, 1.82) is 5.26 Å². The molecule has 0 aliphatic heterocycles. The number of hydrogen-bond donors (Lipinski definition) is 2. The van der Waals surface area contributed by atoms with E-state index in [0.29, 0.717) is 6.42 Å². The maximum Gasteiger partial charge on any atom is 0.339 e. The Morgan fingerprint density at radius 1 is 1.48 bits per heavy atom. The first-order valence-electron chi connectivity index (χ1n) is 6.29. The second-order valence-corrected chi connectivity index (χ2v) is 5.82. The van der Waals surface area contributed by atoms with Crippen molar-refractivity contribution in [3.05, 3.63) is 23.8 Å². The number of sulfonamides is 1. The lowest BCUT2D eigenvalue weighted by Gasteiger charge is -2.10. The summed E-state index contributed by atoms with van der Waals surface area (Å²) in [7, 11) is -3.81. The summed E-state index contributed by atoms with van der Waals surface area (Å²) in [6.45, 7) is 2.09. The molecule has 114 valence electrons. The predicted molar refractivity (Wildman–Crippen MR) is 74.6 cm³/mol. The van der Waals surface area contributed by atoms with E-state index in [4.69, 9.17) is 15.1 Å². The van der Waals surface area contributed by atoms with E-state index in [2.05, 4.69) is 4.72 Å². The number of carboxylic acid groups (broad SMARTS) is 1. The van der Waals surface area contributed by atoms with Crippen LogP contribution in [-0.4, -0.2) is 32.6 Å². The second-order valence-electron chi connectivity index (χ2n) is 4.06. The van der Waals surface area contributed by atoms with Crippen LogP contribution in [0.15, 0.2) is 23.1 Å². The van der Waals surface area contributed by atoms with Gasteiger partial charge in [-0.3, -0.25) is 0 Å². The highest BCUT2D eigenvalue weighted by Gasteiger charge is 2.19. The molecule has 0 aliphatic rings. The van der Waals surface area contributed by atoms with Crippen LogP contribution < -0.4 is 9.46 Å². The zero-order valence-electron chi connectivity index (χ0n) is 11.5. The number of carbonyl (C=O) groups is 1. The average molecular weight is 312 g/mol. The van der Waals surface area contributed by atoms with Gasteiger partial charge in [-0.2, -0.15) is 5.26 Å². The molecule has 1 aromatic rings. The topological polar surface area (TPSA) is 116 Å². The molecule has 1 aromatic carbocycles. The Kier molecular flexibility index (Phi) is 6.14. The summed E-state index contributed by atoms with van der Waals surface area (Å²) in [5, 5.41) is 17.5. The van der Waals surface area contributed by atoms with Gasteiger partial charge in [-0.15, -0.1) is 0 Å². The Bertz CT molecular complexity index is 649. The van der Waals surface area contributed by atoms with Crippen LogP contribution in [0.5, 0.6) is 5.75 Å². The molecule has 0 amide bonds. The molecule has 1 rings (SSSR count). The monoisotopic (exact) mass is 312 g/mol. The van der Waals surface area contributed by atoms with Crippen LogP contribution in [0.25, 0.3) is 0 Å². The van der Waals surface area contributed by atoms with Crippen molar-refractivity contribution < 1.29 is 23.1 Å². The Balaban J connectivity index is 3.00. The van der Waals surface area contributed by atoms with Crippen LogP contribution in [0.4, 0.5) is 0 Å². The normalized spacial score (nSPS) is 10.9. The highest BCUT2D eigenvalue weighted by molar-refractivity contribution is 7.89. The number of nitrogens with one attached hydrogen (secondary N) is 1. The SMILES string of the molecule is CCOc1ccc(S(=O)(=O)NCCCC#N)cc1C(=O)O. The molecule has 0 aliphatic carbocycles. The van der Waals surface area contributed by atoms with Gasteiger partial charge in [0.15, 0.2) is 0 Å². The Hall–Kier alpha value is -2.11. The minimum atomic E-state index is -3.81. The van der Waals surface area contributed by atoms with Crippen LogP contribution in [0.3, 0.4) is 0 Å². The Labute approximate surface area is 123 Å². The van der Waals surface area contributed by atoms with Crippen molar-refractivity contribution in [3.63, 3.8) is 0 Å². The van der Waals surface area contributed by atoms with Gasteiger partial charge in [-0.1, -0.05) is 0 Å². The molecule has 0 unspecified atom stereocenters. The highest BCUT2D eigenvalue weighted by atomic mass is 32.2. The summed E-state index contributed by atoms with van der Waals surface area (Å²) < 4.78 is 31.5. The van der Waals surface area contributed by atoms with E-state index >= 15 is 0 Å². The van der Waals surface area contributed by atoms with Crippen molar-refractivity contribution in [2.75, 3.05) is 13.2 Å². The standard InChI is InChI=1S/C13H16N2O5S/c1-2-20-12-6-5-10(9-11(12)13(16)17)21(18,19)15-8-4-3-7-14/h5-6,9,15H,2-4,8H2,1H3,(H,16,17). The number of nitrogens with zero attached hydrogens (tertiary/aromatic N) is 1. The highest BCUT2D eigenvalue weighted by Crippen LogP contribution is 2.22. The molecule has 0 bridgehead atoms. The van der Waals surface area contributed by atoms with E-state index < -0.39 is 16.0 Å². The van der Waals surface area contributed by atoms with Crippen LogP contribution in [-0.2, 0) is 10.0 Å². The quantitative estimate of drug-likeness (QED) is 0.700. The lowest BCUT2D eigenvalue weighted by atomic mass is 10.2. The Morgan fingerprint density at radius 3 is 2.76 bits per heavy atom. The summed E-state index contributed by atoms with van der Waals surface area (Å²) in [5.74, 6) is -1.14. The van der Waals surface area contributed by atoms with Gasteiger partial charge in [0.1, 0.15) is 11.3 Å². The fourth-order valence-electron chi connectivity index (χ4n) is 1.58. The third-order valence-electron chi connectivity index (χ3n) is 2.55. The molecule has 2 N–H and O–H groups in total. The summed E-state index contributed by atoms with van der Waals surface area (Å²) in [6.07, 6.45) is 0.630. The summed E-state index contributed by atoms with van der Waals surface area (Å²) in [6, 6.07) is 5.56. The zero-order chi connectivity index (χ0) is 15.9. The first-order valence-corrected chi connectivity index (χ1v) is 7.77. The number of carboxylic acids is 1. The van der Waals surface area contributed by atoms with Gasteiger partial charge in [0.25, 0.3) is 0 Å². The van der Waals surface area contributed by atoms with Crippen LogP contribution in [0, 0.1) is 11.3 Å². The van der Waals surface area contributed by atoms with Gasteiger partial charge in [0.05, 0.1) is 17.6 Å². The minimum Gasteiger partial charge on any atom is -0.493 e. The molecule has 0 aromatic heterocycles. The van der Waals surface area contributed by atoms with Crippen molar-refractivity contribution in [1.82, 2.24) is 4.72 Å². The van der Waals surface area contributed by atoms with Crippen LogP contribution in [0.2, 0.25) is 0 Å². The predicted octanol–water partition coefficient (Wildman–Crippen LogP) is 1.37. The maximum absolute atomic E-state index is 12.0. The van der Waals surface area contributed by atoms with Crippen molar-refractivity contribution in [3.8, 4) is 11.8 Å². The van der Waals surface area contributed by atoms with E-state index in [-0.39, 0.29) is 35.8 Å². The summed E-state index contributed by atoms with van der Waals surface area (Å²) >= 11 is 0. The number of nitriles is 1. The average Bonchev–Trinajstić information content (AvgIpc) is 2.44. The van der Waals surface area contributed by atoms with E-state index in [1.165, 1.54) is 12.1 Å². The molecule has 0 atom stereocenters. The van der Waals surface area contributed by atoms with E-state index in [1.54, 1.807) is 6.92 Å². The first-order chi connectivity index (χ1) is 9.92. The van der Waals surface area contributed by atoms with Gasteiger partial charge in [0.2, 0.25) is 10.0 Å². The molecule has 0 radical (unpaired) electrons. The van der Waals surface area contributed by atoms with E-state index in [0.717, 1.165) is 6.07 Å². The summed E-state index contributed by atoms with van der Waals surface area (Å²) in [4.78, 5) is 11.0. The fraction of sp³-hybridized carbons (Fsp3) is 0.385. The van der Waals surface area contributed by atoms with Gasteiger partial charge in [-0.25, -0.2) is 17.9 Å². The third kappa shape index (κ3) is 4.73. The lowest BCUT2D eigenvalue weighted by Crippen LogP contribution is -2.25. The molecule has 0 heterocycles. The lowest BCUT2D eigenvalue weighted by molar-refractivity contribution is 0.0692. The zero-order valence-corrected chi connectivity index (χ0v) is 12.3. The summed E-state index contributed by atoms with van der Waals surface area (Å²) in [5.41, 5.74) is -0.211. The number of rotatable bonds is 8. The largest absolute Gasteiger partial charge is 0.493 e. The fourth-order valence-corrected chi connectivity index (χ4v) is 2.68. The van der Waals surface area contributed by atoms with Gasteiger partial charge < -0.3 is 9.84 Å². The molecule has 21 heavy (non-hydrogen) atoms. The molecular weight excluding hydrogens is 296 g/mol. The molecular formula is C13H16N2O5S. The first kappa shape index (κ1) is 16.9. The van der Waals surface area contributed by atoms with Crippen LogP contribution >= 0.6 is 0 Å². The maximum atomic E-state index is 12.0. The number of hydrogen-bond acceptors (Lipinski definition) is 5. The number of benzene rings is 1. The van der Waals surface area contributed by atoms with Gasteiger partial charge >= 0.3 is 5.97 Å². The van der Waals surface area contributed by atoms with Crippen LogP contribution in [0.1, 0.15) is 30.1 Å². The Morgan fingerprint density at radius 2 is 2.19 bits per heavy atom. The third-order valence-corrected chi connectivity index (χ3v) is 4.01. The van der Waals surface area contributed by atoms with E-state index in [9.17, 15) is 13.2 Å². The molecule has 8 heteroatoms. The molecule has 0 saturated carbocycles.